The monoisotopic (exact) mass is 611 g/mol. The number of carbonyl (C=O) groups is 2. The van der Waals surface area contributed by atoms with Crippen LogP contribution in [-0.2, 0) is 9.59 Å². The van der Waals surface area contributed by atoms with Gasteiger partial charge in [0.2, 0.25) is 6.41 Å². The Balaban J connectivity index is 1.97. The molecule has 1 aromatic heterocycles. The van der Waals surface area contributed by atoms with E-state index in [1.807, 2.05) is 50.1 Å². The number of aliphatic imine (C=N–C) groups is 1. The Morgan fingerprint density at radius 2 is 1.93 bits per heavy atom. The number of halogens is 3. The van der Waals surface area contributed by atoms with Gasteiger partial charge in [0.15, 0.2) is 11.6 Å². The van der Waals surface area contributed by atoms with Crippen molar-refractivity contribution in [3.8, 4) is 17.0 Å². The third-order valence-electron chi connectivity index (χ3n) is 7.15. The number of thioether (sulfide) groups is 1. The highest BCUT2D eigenvalue weighted by Crippen LogP contribution is 2.38. The summed E-state index contributed by atoms with van der Waals surface area (Å²) in [5.74, 6) is -4.08. The summed E-state index contributed by atoms with van der Waals surface area (Å²) in [5, 5.41) is 12.8. The van der Waals surface area contributed by atoms with Gasteiger partial charge in [-0.15, -0.1) is 11.8 Å². The van der Waals surface area contributed by atoms with E-state index in [1.54, 1.807) is 0 Å². The molecule has 4 rings (SSSR count). The second kappa shape index (κ2) is 13.3. The predicted molar refractivity (Wildman–Crippen MR) is 162 cm³/mol. The number of piperazine rings is 1. The molecule has 2 heterocycles. The average molecular weight is 612 g/mol. The first kappa shape index (κ1) is 31.6. The fourth-order valence-corrected chi connectivity index (χ4v) is 5.62. The zero-order valence-electron chi connectivity index (χ0n) is 24.2. The van der Waals surface area contributed by atoms with Gasteiger partial charge in [-0.05, 0) is 48.9 Å². The molecule has 12 heteroatoms. The molecule has 0 radical (unpaired) electrons. The molecule has 2 amide bonds. The van der Waals surface area contributed by atoms with Crippen LogP contribution in [0.25, 0.3) is 11.3 Å². The number of aromatic hydroxyl groups is 1. The summed E-state index contributed by atoms with van der Waals surface area (Å²) in [5.41, 5.74) is 0.694. The largest absolute Gasteiger partial charge is 0.507 e. The number of pyridine rings is 1. The van der Waals surface area contributed by atoms with Crippen LogP contribution in [-0.4, -0.2) is 70.0 Å². The lowest BCUT2D eigenvalue weighted by Crippen LogP contribution is -2.55. The van der Waals surface area contributed by atoms with Gasteiger partial charge >= 0.3 is 0 Å². The third-order valence-corrected chi connectivity index (χ3v) is 7.92. The van der Waals surface area contributed by atoms with Crippen molar-refractivity contribution in [2.75, 3.05) is 31.2 Å². The first-order valence-corrected chi connectivity index (χ1v) is 14.8. The van der Waals surface area contributed by atoms with E-state index >= 15 is 4.39 Å². The van der Waals surface area contributed by atoms with E-state index in [4.69, 9.17) is 4.99 Å². The molecule has 0 bridgehead atoms. The average Bonchev–Trinajstić information content (AvgIpc) is 2.96. The summed E-state index contributed by atoms with van der Waals surface area (Å²) >= 11 is 1.48. The summed E-state index contributed by atoms with van der Waals surface area (Å²) in [6.45, 7) is 9.39. The van der Waals surface area contributed by atoms with Crippen molar-refractivity contribution in [3.63, 3.8) is 0 Å². The Labute approximate surface area is 252 Å². The SMILES string of the molecule is C=C(F)C(=O)N1CCN(/C(=N/c2c(SC)cccc2C(C)C)c2cc(F)c(-c3c(O)cccc3F)nc2NC=O)C(C)C1. The number of para-hydroxylation sites is 1. The van der Waals surface area contributed by atoms with Crippen molar-refractivity contribution in [3.05, 3.63) is 77.6 Å². The number of aromatic nitrogens is 1. The van der Waals surface area contributed by atoms with Gasteiger partial charge in [0.05, 0.1) is 16.8 Å². The number of nitrogens with zero attached hydrogens (tertiary/aromatic N) is 4. The smallest absolute Gasteiger partial charge is 0.282 e. The molecule has 0 saturated carbocycles. The van der Waals surface area contributed by atoms with Crippen LogP contribution in [0, 0.1) is 11.6 Å². The molecule has 1 fully saturated rings. The lowest BCUT2D eigenvalue weighted by Gasteiger charge is -2.41. The maximum atomic E-state index is 15.9. The minimum Gasteiger partial charge on any atom is -0.507 e. The molecule has 1 aliphatic rings. The van der Waals surface area contributed by atoms with Crippen LogP contribution in [0.5, 0.6) is 5.75 Å². The van der Waals surface area contributed by atoms with Crippen LogP contribution < -0.4 is 5.32 Å². The highest BCUT2D eigenvalue weighted by molar-refractivity contribution is 7.98. The van der Waals surface area contributed by atoms with Gasteiger partial charge in [0.25, 0.3) is 5.91 Å². The number of hydrogen-bond acceptors (Lipinski definition) is 6. The minimum atomic E-state index is -1.07. The molecule has 1 atom stereocenters. The number of nitrogens with one attached hydrogen (secondary N) is 1. The van der Waals surface area contributed by atoms with Gasteiger partial charge in [-0.1, -0.05) is 38.6 Å². The van der Waals surface area contributed by atoms with Gasteiger partial charge in [-0.25, -0.2) is 23.1 Å². The number of phenols is 1. The first-order valence-electron chi connectivity index (χ1n) is 13.5. The highest BCUT2D eigenvalue weighted by Gasteiger charge is 2.33. The molecule has 8 nitrogen and oxygen atoms in total. The van der Waals surface area contributed by atoms with Crippen LogP contribution >= 0.6 is 11.8 Å². The molecule has 226 valence electrons. The second-order valence-corrected chi connectivity index (χ2v) is 11.1. The number of amidine groups is 1. The topological polar surface area (TPSA) is 98.1 Å². The predicted octanol–water partition coefficient (Wildman–Crippen LogP) is 6.24. The molecule has 0 aliphatic carbocycles. The maximum Gasteiger partial charge on any atom is 0.282 e. The highest BCUT2D eigenvalue weighted by atomic mass is 32.2. The number of hydrogen-bond donors (Lipinski definition) is 2. The zero-order valence-corrected chi connectivity index (χ0v) is 25.0. The maximum absolute atomic E-state index is 15.9. The Hall–Kier alpha value is -4.32. The van der Waals surface area contributed by atoms with Crippen molar-refractivity contribution >= 4 is 41.4 Å². The standard InChI is InChI=1S/C31H32F3N5O3S/c1-17(2)20-8-6-11-25(43-5)27(20)37-30(39-13-12-38(15-18(39)3)31(42)19(4)32)21-14-23(34)28(36-29(21)35-16-40)26-22(33)9-7-10-24(26)41/h6-11,14,16-18,41H,4,12-13,15H2,1-3,5H3,(H,35,36,40)/b37-30+. The second-order valence-electron chi connectivity index (χ2n) is 10.3. The van der Waals surface area contributed by atoms with Crippen LogP contribution in [0.4, 0.5) is 24.7 Å². The van der Waals surface area contributed by atoms with Gasteiger partial charge in [0.1, 0.15) is 28.9 Å². The number of anilines is 1. The molecule has 0 spiro atoms. The molecule has 1 unspecified atom stereocenters. The van der Waals surface area contributed by atoms with Crippen LogP contribution in [0.1, 0.15) is 37.8 Å². The zero-order chi connectivity index (χ0) is 31.4. The molecule has 2 aromatic carbocycles. The van der Waals surface area contributed by atoms with Gasteiger partial charge in [0, 0.05) is 30.6 Å². The number of amides is 2. The van der Waals surface area contributed by atoms with Crippen LogP contribution in [0.2, 0.25) is 0 Å². The molecular formula is C31H32F3N5O3S. The Bertz CT molecular complexity index is 1580. The van der Waals surface area contributed by atoms with E-state index in [0.29, 0.717) is 12.1 Å². The molecule has 43 heavy (non-hydrogen) atoms. The Morgan fingerprint density at radius 3 is 2.53 bits per heavy atom. The molecule has 1 aliphatic heterocycles. The van der Waals surface area contributed by atoms with E-state index in [1.165, 1.54) is 28.8 Å². The lowest BCUT2D eigenvalue weighted by molar-refractivity contribution is -0.130. The summed E-state index contributed by atoms with van der Waals surface area (Å²) in [6.07, 6.45) is 2.26. The molecule has 1 saturated heterocycles. The minimum absolute atomic E-state index is 0.0726. The third kappa shape index (κ3) is 6.53. The summed E-state index contributed by atoms with van der Waals surface area (Å²) < 4.78 is 44.3. The number of phenolic OH excluding ortho intramolecular Hbond substituents is 1. The van der Waals surface area contributed by atoms with Crippen molar-refractivity contribution in [2.45, 2.75) is 37.6 Å². The summed E-state index contributed by atoms with van der Waals surface area (Å²) in [7, 11) is 0. The van der Waals surface area contributed by atoms with Crippen molar-refractivity contribution in [1.82, 2.24) is 14.8 Å². The van der Waals surface area contributed by atoms with Crippen molar-refractivity contribution in [2.24, 2.45) is 4.99 Å². The summed E-state index contributed by atoms with van der Waals surface area (Å²) in [6, 6.07) is 9.97. The lowest BCUT2D eigenvalue weighted by atomic mass is 10.0. The van der Waals surface area contributed by atoms with Gasteiger partial charge in [-0.2, -0.15) is 0 Å². The van der Waals surface area contributed by atoms with E-state index in [2.05, 4.69) is 16.9 Å². The molecule has 3 aromatic rings. The number of carbonyl (C=O) groups excluding carboxylic acids is 2. The number of benzene rings is 2. The normalized spacial score (nSPS) is 15.5. The van der Waals surface area contributed by atoms with E-state index in [-0.39, 0.29) is 42.8 Å². The van der Waals surface area contributed by atoms with Crippen LogP contribution in [0.15, 0.2) is 64.8 Å². The van der Waals surface area contributed by atoms with Crippen molar-refractivity contribution in [1.29, 1.82) is 0 Å². The fourth-order valence-electron chi connectivity index (χ4n) is 5.05. The Morgan fingerprint density at radius 1 is 1.21 bits per heavy atom. The Kier molecular flexibility index (Phi) is 9.80. The van der Waals surface area contributed by atoms with Gasteiger partial charge in [-0.3, -0.25) is 9.59 Å². The number of rotatable bonds is 8. The summed E-state index contributed by atoms with van der Waals surface area (Å²) in [4.78, 5) is 37.4. The van der Waals surface area contributed by atoms with Gasteiger partial charge < -0.3 is 20.2 Å². The van der Waals surface area contributed by atoms with E-state index in [9.17, 15) is 23.5 Å². The van der Waals surface area contributed by atoms with E-state index < -0.39 is 46.4 Å². The van der Waals surface area contributed by atoms with E-state index in [0.717, 1.165) is 22.6 Å². The molecule has 2 N–H and O–H groups in total. The fraction of sp³-hybridized carbons (Fsp3) is 0.290. The first-order chi connectivity index (χ1) is 20.5. The molecular weight excluding hydrogens is 579 g/mol. The van der Waals surface area contributed by atoms with Crippen molar-refractivity contribution < 1.29 is 27.9 Å². The quantitative estimate of drug-likeness (QED) is 0.103. The van der Waals surface area contributed by atoms with Crippen LogP contribution in [0.3, 0.4) is 0 Å².